The molecule has 0 saturated heterocycles. The van der Waals surface area contributed by atoms with Crippen LogP contribution in [0.15, 0.2) is 29.2 Å². The molecule has 0 aliphatic heterocycles. The second-order valence-electron chi connectivity index (χ2n) is 4.15. The highest BCUT2D eigenvalue weighted by atomic mass is 16.1. The average Bonchev–Trinajstić information content (AvgIpc) is 2.99. The van der Waals surface area contributed by atoms with Gasteiger partial charge in [-0.05, 0) is 36.5 Å². The third kappa shape index (κ3) is 1.31. The summed E-state index contributed by atoms with van der Waals surface area (Å²) in [5, 5.41) is 0.814. The fraction of sp³-hybridized carbons (Fsp3) is 0.250. The van der Waals surface area contributed by atoms with Crippen LogP contribution in [0.3, 0.4) is 0 Å². The Balaban J connectivity index is 2.45. The van der Waals surface area contributed by atoms with Crippen molar-refractivity contribution >= 4 is 16.6 Å². The molecular formula is C12H12N2O. The van der Waals surface area contributed by atoms with Crippen LogP contribution in [0, 0.1) is 0 Å². The van der Waals surface area contributed by atoms with Crippen molar-refractivity contribution in [1.29, 1.82) is 0 Å². The molecule has 0 amide bonds. The van der Waals surface area contributed by atoms with Gasteiger partial charge in [-0.1, -0.05) is 0 Å². The van der Waals surface area contributed by atoms with Gasteiger partial charge in [-0.3, -0.25) is 4.79 Å². The molecule has 1 aliphatic rings. The van der Waals surface area contributed by atoms with Gasteiger partial charge < -0.3 is 10.7 Å². The third-order valence-corrected chi connectivity index (χ3v) is 2.93. The predicted octanol–water partition coefficient (Wildman–Crippen LogP) is 1.99. The van der Waals surface area contributed by atoms with E-state index in [-0.39, 0.29) is 5.43 Å². The van der Waals surface area contributed by atoms with Crippen molar-refractivity contribution in [2.75, 3.05) is 5.73 Å². The van der Waals surface area contributed by atoms with Gasteiger partial charge in [0.25, 0.3) is 0 Å². The second kappa shape index (κ2) is 2.86. The second-order valence-corrected chi connectivity index (χ2v) is 4.15. The summed E-state index contributed by atoms with van der Waals surface area (Å²) in [7, 11) is 0. The highest BCUT2D eigenvalue weighted by Gasteiger charge is 2.26. The van der Waals surface area contributed by atoms with E-state index in [4.69, 9.17) is 5.73 Å². The monoisotopic (exact) mass is 200 g/mol. The van der Waals surface area contributed by atoms with Gasteiger partial charge in [0, 0.05) is 23.3 Å². The van der Waals surface area contributed by atoms with Crippen LogP contribution < -0.4 is 11.2 Å². The minimum atomic E-state index is 0.0886. The van der Waals surface area contributed by atoms with E-state index in [2.05, 4.69) is 4.98 Å². The maximum atomic E-state index is 11.8. The van der Waals surface area contributed by atoms with Crippen LogP contribution in [0.25, 0.3) is 10.9 Å². The van der Waals surface area contributed by atoms with Crippen molar-refractivity contribution in [3.8, 4) is 0 Å². The van der Waals surface area contributed by atoms with Gasteiger partial charge >= 0.3 is 0 Å². The molecule has 3 nitrogen and oxygen atoms in total. The first-order valence-electron chi connectivity index (χ1n) is 5.16. The molecule has 76 valence electrons. The van der Waals surface area contributed by atoms with Crippen molar-refractivity contribution in [2.24, 2.45) is 0 Å². The number of H-pyrrole nitrogens is 1. The van der Waals surface area contributed by atoms with E-state index in [1.165, 1.54) is 12.8 Å². The fourth-order valence-electron chi connectivity index (χ4n) is 2.08. The molecular weight excluding hydrogens is 188 g/mol. The van der Waals surface area contributed by atoms with Gasteiger partial charge in [0.2, 0.25) is 0 Å². The molecule has 0 spiro atoms. The van der Waals surface area contributed by atoms with Gasteiger partial charge in [0.15, 0.2) is 5.43 Å². The molecule has 3 heteroatoms. The Labute approximate surface area is 86.9 Å². The average molecular weight is 200 g/mol. The van der Waals surface area contributed by atoms with E-state index in [1.54, 1.807) is 12.3 Å². The lowest BCUT2D eigenvalue weighted by molar-refractivity contribution is 1.15. The van der Waals surface area contributed by atoms with E-state index in [0.717, 1.165) is 22.2 Å². The number of nitrogens with one attached hydrogen (secondary N) is 1. The largest absolute Gasteiger partial charge is 0.399 e. The Morgan fingerprint density at radius 2 is 2.13 bits per heavy atom. The van der Waals surface area contributed by atoms with Gasteiger partial charge in [0.05, 0.1) is 5.52 Å². The van der Waals surface area contributed by atoms with Gasteiger partial charge in [-0.15, -0.1) is 0 Å². The summed E-state index contributed by atoms with van der Waals surface area (Å²) in [5.74, 6) is 0.541. The highest BCUT2D eigenvalue weighted by Crippen LogP contribution is 2.42. The SMILES string of the molecule is Nc1cc(C2CC2)c2c(=O)cc[nH]c2c1. The van der Waals surface area contributed by atoms with Crippen molar-refractivity contribution in [1.82, 2.24) is 4.98 Å². The molecule has 1 aliphatic carbocycles. The van der Waals surface area contributed by atoms with E-state index in [1.807, 2.05) is 12.1 Å². The fourth-order valence-corrected chi connectivity index (χ4v) is 2.08. The van der Waals surface area contributed by atoms with Gasteiger partial charge in [-0.25, -0.2) is 0 Å². The summed E-state index contributed by atoms with van der Waals surface area (Å²) in [6, 6.07) is 5.34. The molecule has 0 radical (unpaired) electrons. The van der Waals surface area contributed by atoms with Crippen LogP contribution in [0.5, 0.6) is 0 Å². The summed E-state index contributed by atoms with van der Waals surface area (Å²) >= 11 is 0. The Bertz CT molecular complexity index is 582. The number of rotatable bonds is 1. The van der Waals surface area contributed by atoms with Crippen LogP contribution in [0.2, 0.25) is 0 Å². The Morgan fingerprint density at radius 3 is 2.87 bits per heavy atom. The molecule has 0 atom stereocenters. The Kier molecular flexibility index (Phi) is 1.63. The predicted molar refractivity (Wildman–Crippen MR) is 61.0 cm³/mol. The first kappa shape index (κ1) is 8.53. The number of pyridine rings is 1. The smallest absolute Gasteiger partial charge is 0.189 e. The number of fused-ring (bicyclic) bond motifs is 1. The highest BCUT2D eigenvalue weighted by molar-refractivity contribution is 5.86. The molecule has 0 unspecified atom stereocenters. The molecule has 1 heterocycles. The molecule has 1 saturated carbocycles. The Morgan fingerprint density at radius 1 is 1.33 bits per heavy atom. The minimum absolute atomic E-state index is 0.0886. The number of benzene rings is 1. The van der Waals surface area contributed by atoms with Crippen LogP contribution in [0.1, 0.15) is 24.3 Å². The number of aromatic amines is 1. The Hall–Kier alpha value is -1.77. The van der Waals surface area contributed by atoms with Gasteiger partial charge in [-0.2, -0.15) is 0 Å². The molecule has 1 fully saturated rings. The van der Waals surface area contributed by atoms with Crippen LogP contribution in [-0.2, 0) is 0 Å². The van der Waals surface area contributed by atoms with Crippen LogP contribution in [0.4, 0.5) is 5.69 Å². The third-order valence-electron chi connectivity index (χ3n) is 2.93. The molecule has 1 aromatic heterocycles. The van der Waals surface area contributed by atoms with E-state index >= 15 is 0 Å². The molecule has 0 bridgehead atoms. The number of nitrogen functional groups attached to an aromatic ring is 1. The van der Waals surface area contributed by atoms with E-state index in [9.17, 15) is 4.79 Å². The number of aromatic nitrogens is 1. The zero-order valence-corrected chi connectivity index (χ0v) is 8.29. The van der Waals surface area contributed by atoms with Crippen molar-refractivity contribution < 1.29 is 0 Å². The maximum Gasteiger partial charge on any atom is 0.189 e. The molecule has 3 rings (SSSR count). The first-order chi connectivity index (χ1) is 7.25. The summed E-state index contributed by atoms with van der Waals surface area (Å²) in [4.78, 5) is 14.9. The summed E-state index contributed by atoms with van der Waals surface area (Å²) < 4.78 is 0. The van der Waals surface area contributed by atoms with Gasteiger partial charge in [0.1, 0.15) is 0 Å². The van der Waals surface area contributed by atoms with Crippen LogP contribution >= 0.6 is 0 Å². The number of anilines is 1. The quantitative estimate of drug-likeness (QED) is 0.691. The lowest BCUT2D eigenvalue weighted by atomic mass is 10.0. The number of hydrogen-bond donors (Lipinski definition) is 2. The van der Waals surface area contributed by atoms with E-state index in [0.29, 0.717) is 5.92 Å². The van der Waals surface area contributed by atoms with Crippen molar-refractivity contribution in [2.45, 2.75) is 18.8 Å². The number of nitrogens with two attached hydrogens (primary N) is 1. The first-order valence-corrected chi connectivity index (χ1v) is 5.16. The van der Waals surface area contributed by atoms with Crippen LogP contribution in [-0.4, -0.2) is 4.98 Å². The zero-order chi connectivity index (χ0) is 10.4. The molecule has 15 heavy (non-hydrogen) atoms. The molecule has 1 aromatic carbocycles. The summed E-state index contributed by atoms with van der Waals surface area (Å²) in [6.07, 6.45) is 4.01. The molecule has 2 aromatic rings. The zero-order valence-electron chi connectivity index (χ0n) is 8.29. The van der Waals surface area contributed by atoms with Crippen molar-refractivity contribution in [3.63, 3.8) is 0 Å². The lowest BCUT2D eigenvalue weighted by Crippen LogP contribution is -2.04. The summed E-state index contributed by atoms with van der Waals surface area (Å²) in [5.41, 5.74) is 8.60. The minimum Gasteiger partial charge on any atom is -0.399 e. The standard InChI is InChI=1S/C12H12N2O/c13-8-5-9(7-1-2-7)12-10(6-8)14-4-3-11(12)15/h3-7H,1-2,13H2,(H,14,15). The molecule has 3 N–H and O–H groups in total. The maximum absolute atomic E-state index is 11.8. The topological polar surface area (TPSA) is 58.9 Å². The van der Waals surface area contributed by atoms with Crippen molar-refractivity contribution in [3.05, 3.63) is 40.2 Å². The van der Waals surface area contributed by atoms with E-state index < -0.39 is 0 Å². The normalized spacial score (nSPS) is 15.7. The summed E-state index contributed by atoms with van der Waals surface area (Å²) in [6.45, 7) is 0. The lowest BCUT2D eigenvalue weighted by Gasteiger charge is -2.05. The number of hydrogen-bond acceptors (Lipinski definition) is 2.